The first-order valence-electron chi connectivity index (χ1n) is 10.9. The van der Waals surface area contributed by atoms with Crippen molar-refractivity contribution in [2.24, 2.45) is 0 Å². The van der Waals surface area contributed by atoms with Crippen LogP contribution in [-0.2, 0) is 16.1 Å². The predicted octanol–water partition coefficient (Wildman–Crippen LogP) is 2.28. The van der Waals surface area contributed by atoms with Gasteiger partial charge in [0.25, 0.3) is 5.91 Å². The largest absolute Gasteiger partial charge is 0.392 e. The molecule has 9 heteroatoms. The number of likely N-dealkylation sites (tertiary alicyclic amines) is 1. The smallest absolute Gasteiger partial charge is 0.252 e. The Morgan fingerprint density at radius 2 is 1.81 bits per heavy atom. The van der Waals surface area contributed by atoms with Crippen LogP contribution in [0.5, 0.6) is 0 Å². The fourth-order valence-corrected chi connectivity index (χ4v) is 5.91. The van der Waals surface area contributed by atoms with Gasteiger partial charge in [-0.2, -0.15) is 0 Å². The van der Waals surface area contributed by atoms with Gasteiger partial charge in [0, 0.05) is 43.5 Å². The van der Waals surface area contributed by atoms with Crippen LogP contribution in [0.1, 0.15) is 37.7 Å². The van der Waals surface area contributed by atoms with E-state index in [9.17, 15) is 23.5 Å². The molecule has 3 heterocycles. The third-order valence-electron chi connectivity index (χ3n) is 7.44. The number of hydrogen-bond acceptors (Lipinski definition) is 5. The van der Waals surface area contributed by atoms with E-state index < -0.39 is 23.6 Å². The van der Waals surface area contributed by atoms with Crippen molar-refractivity contribution in [3.05, 3.63) is 34.9 Å². The van der Waals surface area contributed by atoms with Crippen molar-refractivity contribution >= 4 is 23.4 Å². The number of amides is 2. The fourth-order valence-electron chi connectivity index (χ4n) is 5.71. The summed E-state index contributed by atoms with van der Waals surface area (Å²) in [5, 5.41) is 10.8. The van der Waals surface area contributed by atoms with Gasteiger partial charge in [0.15, 0.2) is 0 Å². The molecule has 0 radical (unpaired) electrons. The summed E-state index contributed by atoms with van der Waals surface area (Å²) < 4.78 is 27.1. The number of alkyl halides is 2. The molecule has 168 valence electrons. The van der Waals surface area contributed by atoms with Crippen LogP contribution in [0.4, 0.5) is 8.78 Å². The molecule has 2 atom stereocenters. The summed E-state index contributed by atoms with van der Waals surface area (Å²) in [6, 6.07) is 6.60. The van der Waals surface area contributed by atoms with Crippen molar-refractivity contribution < 1.29 is 23.5 Å². The summed E-state index contributed by atoms with van der Waals surface area (Å²) in [5.41, 5.74) is -0.198. The molecule has 0 aromatic heterocycles. The summed E-state index contributed by atoms with van der Waals surface area (Å²) in [7, 11) is 0. The number of aliphatic hydroxyl groups excluding tert-OH is 1. The monoisotopic (exact) mass is 453 g/mol. The summed E-state index contributed by atoms with van der Waals surface area (Å²) in [6.07, 6.45) is 0.190. The summed E-state index contributed by atoms with van der Waals surface area (Å²) >= 11 is 6.27. The van der Waals surface area contributed by atoms with Crippen molar-refractivity contribution in [2.75, 3.05) is 19.6 Å². The van der Waals surface area contributed by atoms with E-state index in [0.717, 1.165) is 0 Å². The topological polar surface area (TPSA) is 64.1 Å². The van der Waals surface area contributed by atoms with E-state index in [0.29, 0.717) is 42.9 Å². The molecule has 4 fully saturated rings. The lowest BCUT2D eigenvalue weighted by molar-refractivity contribution is -0.185. The van der Waals surface area contributed by atoms with Crippen LogP contribution < -0.4 is 0 Å². The van der Waals surface area contributed by atoms with Gasteiger partial charge >= 0.3 is 0 Å². The maximum absolute atomic E-state index is 13.6. The highest BCUT2D eigenvalue weighted by Gasteiger charge is 2.65. The Hall–Kier alpha value is -1.61. The zero-order valence-electron chi connectivity index (χ0n) is 17.1. The number of carbonyl (C=O) groups is 2. The summed E-state index contributed by atoms with van der Waals surface area (Å²) in [5.74, 6) is -3.18. The molecule has 31 heavy (non-hydrogen) atoms. The standard InChI is InChI=1S/C22H26ClF2N3O3/c23-17-4-2-1-3-14(17)10-27-19(30)18-9-16(29)11-28(18)21(20(27)31)12-26(13-21)15-5-7-22(24,25)8-6-15/h1-4,15-16,18,29H,5-13H2/t16-,18+/m1/s1. The zero-order chi connectivity index (χ0) is 22.0. The maximum atomic E-state index is 13.6. The Morgan fingerprint density at radius 1 is 1.13 bits per heavy atom. The van der Waals surface area contributed by atoms with E-state index >= 15 is 0 Å². The van der Waals surface area contributed by atoms with Gasteiger partial charge in [-0.05, 0) is 30.9 Å². The molecule has 1 N–H and O–H groups in total. The molecule has 0 bridgehead atoms. The van der Waals surface area contributed by atoms with E-state index in [-0.39, 0.29) is 43.8 Å². The van der Waals surface area contributed by atoms with Crippen LogP contribution in [-0.4, -0.2) is 80.9 Å². The van der Waals surface area contributed by atoms with Crippen LogP contribution in [0.25, 0.3) is 0 Å². The SMILES string of the molecule is O=C1[C@@H]2C[C@@H](O)CN2C2(CN(C3CCC(F)(F)CC3)C2)C(=O)N1Cc1ccccc1Cl. The van der Waals surface area contributed by atoms with Crippen molar-refractivity contribution in [1.82, 2.24) is 14.7 Å². The van der Waals surface area contributed by atoms with Gasteiger partial charge in [-0.3, -0.25) is 24.3 Å². The Labute approximate surface area is 184 Å². The van der Waals surface area contributed by atoms with Gasteiger partial charge < -0.3 is 5.11 Å². The van der Waals surface area contributed by atoms with Gasteiger partial charge in [-0.15, -0.1) is 0 Å². The number of imide groups is 1. The summed E-state index contributed by atoms with van der Waals surface area (Å²) in [4.78, 5) is 32.0. The number of halogens is 3. The van der Waals surface area contributed by atoms with Crippen molar-refractivity contribution in [3.63, 3.8) is 0 Å². The molecule has 1 aliphatic carbocycles. The normalized spacial score (nSPS) is 31.2. The molecule has 1 aromatic rings. The minimum absolute atomic E-state index is 0.0265. The molecule has 1 aromatic carbocycles. The summed E-state index contributed by atoms with van der Waals surface area (Å²) in [6.45, 7) is 1.17. The van der Waals surface area contributed by atoms with Gasteiger partial charge in [-0.1, -0.05) is 29.8 Å². The van der Waals surface area contributed by atoms with Crippen LogP contribution in [0.3, 0.4) is 0 Å². The lowest BCUT2D eigenvalue weighted by Crippen LogP contribution is -2.82. The van der Waals surface area contributed by atoms with Crippen molar-refractivity contribution in [2.45, 2.75) is 68.3 Å². The first-order chi connectivity index (χ1) is 14.7. The van der Waals surface area contributed by atoms with E-state index in [1.54, 1.807) is 18.2 Å². The zero-order valence-corrected chi connectivity index (χ0v) is 17.9. The Bertz CT molecular complexity index is 898. The number of carbonyl (C=O) groups excluding carboxylic acids is 2. The second-order valence-corrected chi connectivity index (χ2v) is 9.81. The molecule has 1 spiro atoms. The Kier molecular flexibility index (Phi) is 5.12. The third-order valence-corrected chi connectivity index (χ3v) is 7.81. The van der Waals surface area contributed by atoms with E-state index in [4.69, 9.17) is 11.6 Å². The molecule has 6 nitrogen and oxygen atoms in total. The molecule has 1 saturated carbocycles. The van der Waals surface area contributed by atoms with Crippen molar-refractivity contribution in [1.29, 1.82) is 0 Å². The van der Waals surface area contributed by atoms with Gasteiger partial charge in [0.1, 0.15) is 5.54 Å². The number of hydrogen-bond donors (Lipinski definition) is 1. The Morgan fingerprint density at radius 3 is 2.48 bits per heavy atom. The molecular weight excluding hydrogens is 428 g/mol. The highest BCUT2D eigenvalue weighted by Crippen LogP contribution is 2.44. The average molecular weight is 454 g/mol. The number of nitrogens with zero attached hydrogens (tertiary/aromatic N) is 3. The lowest BCUT2D eigenvalue weighted by atomic mass is 9.79. The van der Waals surface area contributed by atoms with Crippen LogP contribution in [0.2, 0.25) is 5.02 Å². The first kappa shape index (κ1) is 21.2. The molecule has 3 aliphatic heterocycles. The number of aliphatic hydroxyl groups is 1. The number of rotatable bonds is 3. The second-order valence-electron chi connectivity index (χ2n) is 9.40. The Balaban J connectivity index is 1.38. The quantitative estimate of drug-likeness (QED) is 0.711. The highest BCUT2D eigenvalue weighted by molar-refractivity contribution is 6.31. The molecule has 0 unspecified atom stereocenters. The highest BCUT2D eigenvalue weighted by atomic mass is 35.5. The molecule has 3 saturated heterocycles. The van der Waals surface area contributed by atoms with Crippen LogP contribution in [0.15, 0.2) is 24.3 Å². The lowest BCUT2D eigenvalue weighted by Gasteiger charge is -2.60. The third kappa shape index (κ3) is 3.48. The predicted molar refractivity (Wildman–Crippen MR) is 110 cm³/mol. The van der Waals surface area contributed by atoms with Crippen LogP contribution in [0, 0.1) is 0 Å². The van der Waals surface area contributed by atoms with Gasteiger partial charge in [-0.25, -0.2) is 8.78 Å². The van der Waals surface area contributed by atoms with Gasteiger partial charge in [0.05, 0.1) is 18.7 Å². The van der Waals surface area contributed by atoms with Crippen LogP contribution >= 0.6 is 11.6 Å². The first-order valence-corrected chi connectivity index (χ1v) is 11.2. The minimum atomic E-state index is -2.60. The number of benzene rings is 1. The molecular formula is C22H26ClF2N3O3. The van der Waals surface area contributed by atoms with Gasteiger partial charge in [0.2, 0.25) is 11.8 Å². The van der Waals surface area contributed by atoms with E-state index in [1.165, 1.54) is 4.90 Å². The maximum Gasteiger partial charge on any atom is 0.252 e. The minimum Gasteiger partial charge on any atom is -0.392 e. The molecule has 4 aliphatic rings. The number of piperazine rings is 1. The average Bonchev–Trinajstić information content (AvgIpc) is 3.08. The second kappa shape index (κ2) is 7.47. The van der Waals surface area contributed by atoms with E-state index in [2.05, 4.69) is 4.90 Å². The fraction of sp³-hybridized carbons (Fsp3) is 0.636. The number of fused-ring (bicyclic) bond motifs is 2. The molecule has 5 rings (SSSR count). The number of β-amino-alcohol motifs (C(OH)–C–C–N with tert-alkyl or cyclic N) is 1. The van der Waals surface area contributed by atoms with E-state index in [1.807, 2.05) is 11.0 Å². The molecule has 2 amide bonds. The van der Waals surface area contributed by atoms with Crippen molar-refractivity contribution in [3.8, 4) is 0 Å².